The summed E-state index contributed by atoms with van der Waals surface area (Å²) < 4.78 is 7.07. The molecule has 0 saturated heterocycles. The van der Waals surface area contributed by atoms with Crippen LogP contribution in [-0.2, 0) is 6.54 Å². The molecule has 0 unspecified atom stereocenters. The molecule has 0 fully saturated rings. The van der Waals surface area contributed by atoms with E-state index in [1.807, 2.05) is 50.2 Å². The van der Waals surface area contributed by atoms with Crippen LogP contribution in [0, 0.1) is 0 Å². The Hall–Kier alpha value is -2.99. The topological polar surface area (TPSA) is 76.4 Å². The molecule has 0 aliphatic rings. The van der Waals surface area contributed by atoms with E-state index in [0.717, 1.165) is 17.4 Å². The molecule has 27 heavy (non-hydrogen) atoms. The fourth-order valence-corrected chi connectivity index (χ4v) is 2.66. The number of nitrogens with zero attached hydrogens (tertiary/aromatic N) is 2. The number of benzene rings is 2. The van der Waals surface area contributed by atoms with Crippen LogP contribution in [0.4, 0.5) is 11.6 Å². The first-order valence-electron chi connectivity index (χ1n) is 8.50. The third-order valence-corrected chi connectivity index (χ3v) is 3.98. The van der Waals surface area contributed by atoms with E-state index < -0.39 is 0 Å². The minimum Gasteiger partial charge on any atom is -0.493 e. The van der Waals surface area contributed by atoms with Gasteiger partial charge in [-0.3, -0.25) is 9.36 Å². The maximum atomic E-state index is 12.4. The lowest BCUT2D eigenvalue weighted by Crippen LogP contribution is -2.23. The molecule has 0 amide bonds. The van der Waals surface area contributed by atoms with Gasteiger partial charge in [0.1, 0.15) is 5.75 Å². The van der Waals surface area contributed by atoms with Crippen LogP contribution in [0.3, 0.4) is 0 Å². The maximum absolute atomic E-state index is 12.4. The predicted molar refractivity (Wildman–Crippen MR) is 106 cm³/mol. The molecule has 0 atom stereocenters. The highest BCUT2D eigenvalue weighted by Gasteiger charge is 2.10. The first-order chi connectivity index (χ1) is 12.9. The Balaban J connectivity index is 1.88. The molecule has 140 valence electrons. The molecular weight excluding hydrogens is 366 g/mol. The van der Waals surface area contributed by atoms with Gasteiger partial charge in [-0.25, -0.2) is 0 Å². The normalized spacial score (nSPS) is 10.8. The van der Waals surface area contributed by atoms with E-state index in [1.165, 1.54) is 4.57 Å². The molecule has 0 aliphatic heterocycles. The molecule has 7 heteroatoms. The first kappa shape index (κ1) is 18.8. The van der Waals surface area contributed by atoms with Crippen molar-refractivity contribution in [3.63, 3.8) is 0 Å². The number of halogens is 1. The highest BCUT2D eigenvalue weighted by atomic mass is 35.5. The minimum atomic E-state index is -0.361. The Labute approximate surface area is 162 Å². The molecule has 0 saturated carbocycles. The lowest BCUT2D eigenvalue weighted by molar-refractivity contribution is 0.242. The Morgan fingerprint density at radius 1 is 1.15 bits per heavy atom. The largest absolute Gasteiger partial charge is 0.493 e. The lowest BCUT2D eigenvalue weighted by atomic mass is 10.2. The smallest absolute Gasteiger partial charge is 0.259 e. The van der Waals surface area contributed by atoms with Crippen molar-refractivity contribution in [1.82, 2.24) is 9.55 Å². The van der Waals surface area contributed by atoms with Crippen LogP contribution in [0.25, 0.3) is 0 Å². The van der Waals surface area contributed by atoms with Gasteiger partial charge in [0.25, 0.3) is 5.56 Å². The van der Waals surface area contributed by atoms with Crippen molar-refractivity contribution in [2.24, 2.45) is 0 Å². The predicted octanol–water partition coefficient (Wildman–Crippen LogP) is 4.18. The highest BCUT2D eigenvalue weighted by molar-refractivity contribution is 6.30. The Kier molecular flexibility index (Phi) is 5.66. The first-order valence-corrected chi connectivity index (χ1v) is 8.87. The molecule has 0 radical (unpaired) electrons. The van der Waals surface area contributed by atoms with Crippen molar-refractivity contribution in [3.8, 4) is 11.6 Å². The fraction of sp³-hybridized carbons (Fsp3) is 0.200. The van der Waals surface area contributed by atoms with Gasteiger partial charge in [0, 0.05) is 10.7 Å². The average molecular weight is 386 g/mol. The van der Waals surface area contributed by atoms with Crippen molar-refractivity contribution in [2.75, 3.05) is 5.32 Å². The van der Waals surface area contributed by atoms with Crippen molar-refractivity contribution in [2.45, 2.75) is 26.5 Å². The molecule has 0 spiro atoms. The summed E-state index contributed by atoms with van der Waals surface area (Å²) in [6, 6.07) is 15.6. The number of ether oxygens (including phenoxy) is 1. The zero-order chi connectivity index (χ0) is 19.4. The summed E-state index contributed by atoms with van der Waals surface area (Å²) in [5.74, 6) is 0.653. The molecule has 3 aromatic rings. The molecule has 1 heterocycles. The van der Waals surface area contributed by atoms with E-state index >= 15 is 0 Å². The van der Waals surface area contributed by atoms with E-state index in [0.29, 0.717) is 17.3 Å². The van der Waals surface area contributed by atoms with Crippen LogP contribution in [0.5, 0.6) is 11.6 Å². The Morgan fingerprint density at radius 3 is 2.44 bits per heavy atom. The van der Waals surface area contributed by atoms with Gasteiger partial charge in [-0.1, -0.05) is 23.7 Å². The molecule has 1 aromatic heterocycles. The van der Waals surface area contributed by atoms with Gasteiger partial charge >= 0.3 is 0 Å². The van der Waals surface area contributed by atoms with Gasteiger partial charge in [0.2, 0.25) is 11.8 Å². The number of rotatable bonds is 6. The van der Waals surface area contributed by atoms with Crippen molar-refractivity contribution >= 4 is 23.2 Å². The van der Waals surface area contributed by atoms with Gasteiger partial charge in [-0.2, -0.15) is 4.98 Å². The summed E-state index contributed by atoms with van der Waals surface area (Å²) in [7, 11) is 0. The summed E-state index contributed by atoms with van der Waals surface area (Å²) >= 11 is 5.91. The van der Waals surface area contributed by atoms with Gasteiger partial charge in [-0.15, -0.1) is 0 Å². The van der Waals surface area contributed by atoms with Crippen LogP contribution in [0.1, 0.15) is 19.4 Å². The van der Waals surface area contributed by atoms with Crippen molar-refractivity contribution in [3.05, 3.63) is 75.5 Å². The van der Waals surface area contributed by atoms with Crippen LogP contribution < -0.4 is 15.6 Å². The third kappa shape index (κ3) is 5.01. The van der Waals surface area contributed by atoms with E-state index in [1.54, 1.807) is 12.1 Å². The van der Waals surface area contributed by atoms with Crippen LogP contribution in [0.2, 0.25) is 5.02 Å². The maximum Gasteiger partial charge on any atom is 0.259 e. The number of anilines is 2. The molecule has 2 N–H and O–H groups in total. The molecular formula is C20H20ClN3O3. The number of hydrogen-bond acceptors (Lipinski definition) is 5. The SMILES string of the molecule is CC(C)Oc1ccc(Nc2nc(O)cc(=O)n2Cc2ccc(Cl)cc2)cc1. The summed E-state index contributed by atoms with van der Waals surface area (Å²) in [6.45, 7) is 4.21. The average Bonchev–Trinajstić information content (AvgIpc) is 2.61. The quantitative estimate of drug-likeness (QED) is 0.665. The van der Waals surface area contributed by atoms with E-state index in [9.17, 15) is 9.90 Å². The third-order valence-electron chi connectivity index (χ3n) is 3.73. The highest BCUT2D eigenvalue weighted by Crippen LogP contribution is 2.21. The van der Waals surface area contributed by atoms with E-state index in [4.69, 9.17) is 16.3 Å². The molecule has 0 aliphatic carbocycles. The number of hydrogen-bond donors (Lipinski definition) is 2. The van der Waals surface area contributed by atoms with Crippen LogP contribution >= 0.6 is 11.6 Å². The van der Waals surface area contributed by atoms with E-state index in [-0.39, 0.29) is 23.5 Å². The second-order valence-corrected chi connectivity index (χ2v) is 6.74. The lowest BCUT2D eigenvalue weighted by Gasteiger charge is -2.15. The Morgan fingerprint density at radius 2 is 1.81 bits per heavy atom. The molecule has 0 bridgehead atoms. The molecule has 3 rings (SSSR count). The van der Waals surface area contributed by atoms with Crippen molar-refractivity contribution < 1.29 is 9.84 Å². The second-order valence-electron chi connectivity index (χ2n) is 6.30. The van der Waals surface area contributed by atoms with Crippen molar-refractivity contribution in [1.29, 1.82) is 0 Å². The summed E-state index contributed by atoms with van der Waals surface area (Å²) in [4.78, 5) is 16.4. The van der Waals surface area contributed by atoms with Gasteiger partial charge < -0.3 is 15.2 Å². The van der Waals surface area contributed by atoms with E-state index in [2.05, 4.69) is 10.3 Å². The Bertz CT molecular complexity index is 967. The monoisotopic (exact) mass is 385 g/mol. The summed E-state index contributed by atoms with van der Waals surface area (Å²) in [5, 5.41) is 13.4. The number of aromatic hydroxyl groups is 1. The summed E-state index contributed by atoms with van der Waals surface area (Å²) in [6.07, 6.45) is 0.0844. The summed E-state index contributed by atoms with van der Waals surface area (Å²) in [5.41, 5.74) is 1.24. The number of nitrogens with one attached hydrogen (secondary N) is 1. The minimum absolute atomic E-state index is 0.0844. The van der Waals surface area contributed by atoms with Crippen LogP contribution in [0.15, 0.2) is 59.4 Å². The van der Waals surface area contributed by atoms with Gasteiger partial charge in [0.15, 0.2) is 0 Å². The zero-order valence-electron chi connectivity index (χ0n) is 15.0. The van der Waals surface area contributed by atoms with Crippen LogP contribution in [-0.4, -0.2) is 20.8 Å². The van der Waals surface area contributed by atoms with Gasteiger partial charge in [-0.05, 0) is 55.8 Å². The molecule has 2 aromatic carbocycles. The number of aromatic nitrogens is 2. The fourth-order valence-electron chi connectivity index (χ4n) is 2.53. The molecule has 6 nitrogen and oxygen atoms in total. The standard InChI is InChI=1S/C20H20ClN3O3/c1-13(2)27-17-9-7-16(8-10-17)22-20-23-18(25)11-19(26)24(20)12-14-3-5-15(21)6-4-14/h3-11,13,25H,12H2,1-2H3,(H,22,23). The second kappa shape index (κ2) is 8.14. The zero-order valence-corrected chi connectivity index (χ0v) is 15.8. The van der Waals surface area contributed by atoms with Gasteiger partial charge in [0.05, 0.1) is 18.7 Å².